The SMILES string of the molecule is Cc1c(-c2c3sc4c(-n5c6ccccc6c6ccccc65)cccc4c3cc[n+]2C)cc(C(C)(C)C)c2ccccc12. The zero-order chi connectivity index (χ0) is 28.7. The van der Waals surface area contributed by atoms with Crippen LogP contribution in [0.3, 0.4) is 0 Å². The Bertz CT molecular complexity index is 2310. The molecule has 0 aliphatic heterocycles. The van der Waals surface area contributed by atoms with Crippen LogP contribution in [-0.2, 0) is 12.5 Å². The molecule has 0 atom stereocenters. The van der Waals surface area contributed by atoms with Crippen LogP contribution in [-0.4, -0.2) is 4.57 Å². The minimum atomic E-state index is 0.0262. The molecule has 0 amide bonds. The molecule has 0 unspecified atom stereocenters. The average Bonchev–Trinajstić information content (AvgIpc) is 3.53. The lowest BCUT2D eigenvalue weighted by Gasteiger charge is -2.24. The summed E-state index contributed by atoms with van der Waals surface area (Å²) in [5, 5.41) is 7.90. The van der Waals surface area contributed by atoms with Gasteiger partial charge in [0.25, 0.3) is 0 Å². The quantitative estimate of drug-likeness (QED) is 0.186. The Morgan fingerprint density at radius 3 is 1.86 bits per heavy atom. The van der Waals surface area contributed by atoms with Crippen molar-refractivity contribution in [3.05, 3.63) is 120 Å². The smallest absolute Gasteiger partial charge is 0.230 e. The van der Waals surface area contributed by atoms with Gasteiger partial charge in [0.05, 0.1) is 27.0 Å². The number of para-hydroxylation sites is 2. The first kappa shape index (κ1) is 25.3. The van der Waals surface area contributed by atoms with Crippen LogP contribution in [0.2, 0.25) is 0 Å². The number of pyridine rings is 1. The first-order chi connectivity index (χ1) is 20.3. The highest BCUT2D eigenvalue weighted by Crippen LogP contribution is 2.45. The van der Waals surface area contributed by atoms with Gasteiger partial charge >= 0.3 is 0 Å². The van der Waals surface area contributed by atoms with E-state index in [2.05, 4.69) is 153 Å². The summed E-state index contributed by atoms with van der Waals surface area (Å²) in [5.74, 6) is 0. The summed E-state index contributed by atoms with van der Waals surface area (Å²) in [6.45, 7) is 9.27. The molecule has 3 heteroatoms. The van der Waals surface area contributed by atoms with Crippen molar-refractivity contribution in [2.24, 2.45) is 7.05 Å². The maximum absolute atomic E-state index is 2.46. The second-order valence-electron chi connectivity index (χ2n) is 12.5. The molecule has 8 rings (SSSR count). The van der Waals surface area contributed by atoms with Gasteiger partial charge in [0.2, 0.25) is 5.69 Å². The topological polar surface area (TPSA) is 8.81 Å². The molecule has 0 aliphatic rings. The highest BCUT2D eigenvalue weighted by atomic mass is 32.1. The Morgan fingerprint density at radius 2 is 1.19 bits per heavy atom. The third-order valence-corrected chi connectivity index (χ3v) is 10.2. The minimum Gasteiger partial charge on any atom is -0.308 e. The molecule has 5 aromatic carbocycles. The molecule has 2 nitrogen and oxygen atoms in total. The summed E-state index contributed by atoms with van der Waals surface area (Å²) in [6.07, 6.45) is 2.24. The van der Waals surface area contributed by atoms with Gasteiger partial charge < -0.3 is 4.57 Å². The number of thiophene rings is 1. The number of benzene rings is 5. The molecule has 204 valence electrons. The Kier molecular flexibility index (Phi) is 5.42. The van der Waals surface area contributed by atoms with Gasteiger partial charge in [-0.25, -0.2) is 0 Å². The molecule has 0 N–H and O–H groups in total. The molecule has 0 saturated carbocycles. The largest absolute Gasteiger partial charge is 0.308 e. The van der Waals surface area contributed by atoms with Crippen LogP contribution >= 0.6 is 11.3 Å². The van der Waals surface area contributed by atoms with E-state index in [1.54, 1.807) is 0 Å². The number of fused-ring (bicyclic) bond motifs is 7. The molecule has 0 radical (unpaired) electrons. The second-order valence-corrected chi connectivity index (χ2v) is 13.6. The summed E-state index contributed by atoms with van der Waals surface area (Å²) < 4.78 is 7.44. The van der Waals surface area contributed by atoms with Crippen molar-refractivity contribution >= 4 is 64.1 Å². The molecule has 0 spiro atoms. The fourth-order valence-corrected chi connectivity index (χ4v) is 8.34. The van der Waals surface area contributed by atoms with Crippen molar-refractivity contribution < 1.29 is 4.57 Å². The lowest BCUT2D eigenvalue weighted by Crippen LogP contribution is -2.30. The zero-order valence-corrected chi connectivity index (χ0v) is 25.5. The molecule has 0 saturated heterocycles. The number of aryl methyl sites for hydroxylation is 2. The van der Waals surface area contributed by atoms with E-state index in [9.17, 15) is 0 Å². The Labute approximate surface area is 250 Å². The van der Waals surface area contributed by atoms with Gasteiger partial charge in [0, 0.05) is 27.6 Å². The molecule has 8 aromatic rings. The van der Waals surface area contributed by atoms with Crippen LogP contribution in [0.1, 0.15) is 31.9 Å². The predicted octanol–water partition coefficient (Wildman–Crippen LogP) is 10.4. The van der Waals surface area contributed by atoms with Gasteiger partial charge in [0.15, 0.2) is 6.20 Å². The van der Waals surface area contributed by atoms with Crippen LogP contribution < -0.4 is 4.57 Å². The van der Waals surface area contributed by atoms with Gasteiger partial charge in [-0.2, -0.15) is 4.57 Å². The summed E-state index contributed by atoms with van der Waals surface area (Å²) in [7, 11) is 2.19. The van der Waals surface area contributed by atoms with Crippen LogP contribution in [0.15, 0.2) is 109 Å². The van der Waals surface area contributed by atoms with E-state index in [0.717, 1.165) is 0 Å². The molecular weight excluding hydrogens is 529 g/mol. The van der Waals surface area contributed by atoms with E-state index in [1.807, 2.05) is 11.3 Å². The van der Waals surface area contributed by atoms with E-state index >= 15 is 0 Å². The third-order valence-electron chi connectivity index (χ3n) is 8.96. The number of nitrogens with zero attached hydrogens (tertiary/aromatic N) is 2. The zero-order valence-electron chi connectivity index (χ0n) is 24.7. The monoisotopic (exact) mass is 561 g/mol. The van der Waals surface area contributed by atoms with Gasteiger partial charge in [-0.1, -0.05) is 93.6 Å². The molecule has 0 bridgehead atoms. The fourth-order valence-electron chi connectivity index (χ4n) is 6.94. The molecule has 0 aliphatic carbocycles. The van der Waals surface area contributed by atoms with Crippen LogP contribution in [0.4, 0.5) is 0 Å². The van der Waals surface area contributed by atoms with Crippen molar-refractivity contribution in [3.8, 4) is 16.9 Å². The highest BCUT2D eigenvalue weighted by Gasteiger charge is 2.26. The van der Waals surface area contributed by atoms with Crippen LogP contribution in [0.5, 0.6) is 0 Å². The predicted molar refractivity (Wildman–Crippen MR) is 181 cm³/mol. The van der Waals surface area contributed by atoms with E-state index in [1.165, 1.54) is 80.8 Å². The minimum absolute atomic E-state index is 0.0262. The first-order valence-electron chi connectivity index (χ1n) is 14.7. The molecule has 42 heavy (non-hydrogen) atoms. The summed E-state index contributed by atoms with van der Waals surface area (Å²) in [4.78, 5) is 0. The maximum Gasteiger partial charge on any atom is 0.230 e. The van der Waals surface area contributed by atoms with Crippen molar-refractivity contribution in [1.29, 1.82) is 0 Å². The Morgan fingerprint density at radius 1 is 0.619 bits per heavy atom. The number of hydrogen-bond acceptors (Lipinski definition) is 1. The Balaban J connectivity index is 1.48. The summed E-state index contributed by atoms with van der Waals surface area (Å²) >= 11 is 1.93. The van der Waals surface area contributed by atoms with Gasteiger partial charge in [-0.05, 0) is 58.5 Å². The summed E-state index contributed by atoms with van der Waals surface area (Å²) in [5.41, 5.74) is 9.09. The fraction of sp³-hybridized carbons (Fsp3) is 0.154. The van der Waals surface area contributed by atoms with E-state index in [-0.39, 0.29) is 5.41 Å². The average molecular weight is 562 g/mol. The number of aromatic nitrogens is 2. The molecule has 0 fully saturated rings. The van der Waals surface area contributed by atoms with E-state index in [0.29, 0.717) is 0 Å². The molecule has 3 heterocycles. The van der Waals surface area contributed by atoms with Crippen LogP contribution in [0.25, 0.3) is 69.7 Å². The van der Waals surface area contributed by atoms with Gasteiger partial charge in [0.1, 0.15) is 11.7 Å². The Hall–Kier alpha value is -4.47. The number of rotatable bonds is 2. The highest BCUT2D eigenvalue weighted by molar-refractivity contribution is 7.26. The molecular formula is C39H33N2S+. The maximum atomic E-state index is 2.46. The number of hydrogen-bond donors (Lipinski definition) is 0. The first-order valence-corrected chi connectivity index (χ1v) is 15.5. The van der Waals surface area contributed by atoms with Crippen molar-refractivity contribution in [2.75, 3.05) is 0 Å². The normalized spacial score (nSPS) is 12.4. The van der Waals surface area contributed by atoms with Crippen molar-refractivity contribution in [2.45, 2.75) is 33.1 Å². The lowest BCUT2D eigenvalue weighted by atomic mass is 9.80. The summed E-state index contributed by atoms with van der Waals surface area (Å²) in [6, 6.07) is 38.0. The second kappa shape index (κ2) is 9.01. The van der Waals surface area contributed by atoms with Crippen LogP contribution in [0, 0.1) is 6.92 Å². The standard InChI is InChI=1S/C39H33N2S/c1-24-25-13-6-7-14-26(25)32(39(2,3)4)23-31(24)36-38-30(21-22-40(36)5)29-17-12-20-35(37(29)42-38)41-33-18-10-8-15-27(33)28-16-9-11-19-34(28)41/h6-23H,1-5H3/q+1. The van der Waals surface area contributed by atoms with Crippen molar-refractivity contribution in [1.82, 2.24) is 4.57 Å². The van der Waals surface area contributed by atoms with Gasteiger partial charge in [-0.3, -0.25) is 0 Å². The van der Waals surface area contributed by atoms with E-state index in [4.69, 9.17) is 0 Å². The van der Waals surface area contributed by atoms with Crippen molar-refractivity contribution in [3.63, 3.8) is 0 Å². The van der Waals surface area contributed by atoms with E-state index < -0.39 is 0 Å². The molecule has 3 aromatic heterocycles. The third kappa shape index (κ3) is 3.53. The van der Waals surface area contributed by atoms with Gasteiger partial charge in [-0.15, -0.1) is 11.3 Å². The lowest BCUT2D eigenvalue weighted by molar-refractivity contribution is -0.659.